The number of halogens is 3. The predicted molar refractivity (Wildman–Crippen MR) is 111 cm³/mol. The fraction of sp³-hybridized carbons (Fsp3) is 0.350. The molecule has 1 amide bonds. The molecular weight excluding hydrogens is 453 g/mol. The summed E-state index contributed by atoms with van der Waals surface area (Å²) < 4.78 is 69.8. The Hall–Kier alpha value is -2.24. The lowest BCUT2D eigenvalue weighted by Crippen LogP contribution is -2.50. The number of carbonyl (C=O) groups is 1. The van der Waals surface area contributed by atoms with Crippen molar-refractivity contribution in [2.45, 2.75) is 16.0 Å². The van der Waals surface area contributed by atoms with Crippen molar-refractivity contribution in [1.29, 1.82) is 0 Å². The number of sulfonamides is 1. The summed E-state index contributed by atoms with van der Waals surface area (Å²) >= 11 is 1.38. The molecule has 1 fully saturated rings. The minimum atomic E-state index is -4.53. The summed E-state index contributed by atoms with van der Waals surface area (Å²) in [5.41, 5.74) is -0.906. The van der Waals surface area contributed by atoms with Crippen molar-refractivity contribution in [2.75, 3.05) is 39.0 Å². The highest BCUT2D eigenvalue weighted by atomic mass is 32.2. The lowest BCUT2D eigenvalue weighted by atomic mass is 10.2. The number of hydrogen-bond acceptors (Lipinski definition) is 5. The second-order valence-electron chi connectivity index (χ2n) is 6.77. The normalized spacial score (nSPS) is 15.7. The van der Waals surface area contributed by atoms with Gasteiger partial charge in [0.2, 0.25) is 15.9 Å². The molecule has 11 heteroatoms. The first kappa shape index (κ1) is 23.4. The van der Waals surface area contributed by atoms with Crippen LogP contribution in [-0.2, 0) is 21.0 Å². The molecule has 1 aliphatic rings. The van der Waals surface area contributed by atoms with Gasteiger partial charge in [-0.05, 0) is 48.5 Å². The predicted octanol–water partition coefficient (Wildman–Crippen LogP) is 3.34. The van der Waals surface area contributed by atoms with Crippen LogP contribution in [0.1, 0.15) is 5.56 Å². The van der Waals surface area contributed by atoms with Gasteiger partial charge in [-0.2, -0.15) is 17.5 Å². The highest BCUT2D eigenvalue weighted by Gasteiger charge is 2.33. The van der Waals surface area contributed by atoms with Crippen molar-refractivity contribution in [3.63, 3.8) is 0 Å². The van der Waals surface area contributed by atoms with Gasteiger partial charge in [0.05, 0.1) is 23.3 Å². The van der Waals surface area contributed by atoms with Crippen molar-refractivity contribution in [3.05, 3.63) is 54.1 Å². The number of carbonyl (C=O) groups excluding carboxylic acids is 1. The lowest BCUT2D eigenvalue weighted by molar-refractivity contribution is -0.137. The number of ether oxygens (including phenoxy) is 1. The Kier molecular flexibility index (Phi) is 7.17. The molecule has 0 atom stereocenters. The van der Waals surface area contributed by atoms with E-state index >= 15 is 0 Å². The molecule has 1 heterocycles. The number of amides is 1. The van der Waals surface area contributed by atoms with E-state index in [1.165, 1.54) is 16.1 Å². The third-order valence-electron chi connectivity index (χ3n) is 4.83. The molecule has 0 unspecified atom stereocenters. The first-order valence-electron chi connectivity index (χ1n) is 9.33. The van der Waals surface area contributed by atoms with E-state index < -0.39 is 21.8 Å². The number of piperazine rings is 1. The molecule has 1 aliphatic heterocycles. The maximum atomic E-state index is 12.7. The van der Waals surface area contributed by atoms with Gasteiger partial charge >= 0.3 is 6.18 Å². The van der Waals surface area contributed by atoms with Crippen LogP contribution in [0, 0.1) is 0 Å². The Bertz CT molecular complexity index is 1000. The zero-order valence-electron chi connectivity index (χ0n) is 16.6. The molecule has 31 heavy (non-hydrogen) atoms. The zero-order valence-corrected chi connectivity index (χ0v) is 18.3. The third-order valence-corrected chi connectivity index (χ3v) is 7.74. The fourth-order valence-electron chi connectivity index (χ4n) is 3.05. The molecule has 1 saturated heterocycles. The van der Waals surface area contributed by atoms with Gasteiger partial charge in [0, 0.05) is 31.1 Å². The second kappa shape index (κ2) is 9.49. The second-order valence-corrected chi connectivity index (χ2v) is 9.76. The molecule has 2 aromatic rings. The number of methoxy groups -OCH3 is 1. The van der Waals surface area contributed by atoms with E-state index in [1.807, 2.05) is 12.1 Å². The summed E-state index contributed by atoms with van der Waals surface area (Å²) in [5.74, 6) is 0.839. The number of benzene rings is 2. The van der Waals surface area contributed by atoms with Gasteiger partial charge in [-0.1, -0.05) is 0 Å². The summed E-state index contributed by atoms with van der Waals surface area (Å²) in [5, 5.41) is 0. The largest absolute Gasteiger partial charge is 0.497 e. The minimum absolute atomic E-state index is 0.0856. The van der Waals surface area contributed by atoms with Crippen LogP contribution in [-0.4, -0.2) is 62.6 Å². The van der Waals surface area contributed by atoms with Crippen molar-refractivity contribution in [3.8, 4) is 5.75 Å². The van der Waals surface area contributed by atoms with Crippen molar-refractivity contribution >= 4 is 27.7 Å². The average molecular weight is 475 g/mol. The van der Waals surface area contributed by atoms with E-state index in [1.54, 1.807) is 24.1 Å². The van der Waals surface area contributed by atoms with Crippen LogP contribution in [0.15, 0.2) is 58.3 Å². The summed E-state index contributed by atoms with van der Waals surface area (Å²) in [6.45, 7) is 0.619. The first-order valence-corrected chi connectivity index (χ1v) is 11.8. The Morgan fingerprint density at radius 2 is 1.58 bits per heavy atom. The third kappa shape index (κ3) is 5.72. The topological polar surface area (TPSA) is 66.9 Å². The minimum Gasteiger partial charge on any atom is -0.497 e. The van der Waals surface area contributed by atoms with Gasteiger partial charge in [-0.25, -0.2) is 8.42 Å². The molecule has 0 aromatic heterocycles. The Balaban J connectivity index is 1.54. The van der Waals surface area contributed by atoms with Crippen LogP contribution >= 0.6 is 11.8 Å². The van der Waals surface area contributed by atoms with Crippen LogP contribution in [0.4, 0.5) is 13.2 Å². The molecule has 0 aliphatic carbocycles. The smallest absolute Gasteiger partial charge is 0.416 e. The van der Waals surface area contributed by atoms with Crippen LogP contribution in [0.25, 0.3) is 0 Å². The molecular formula is C20H21F3N2O4S2. The molecule has 0 saturated carbocycles. The first-order chi connectivity index (χ1) is 14.6. The average Bonchev–Trinajstić information content (AvgIpc) is 2.77. The van der Waals surface area contributed by atoms with Crippen molar-refractivity contribution in [1.82, 2.24) is 9.21 Å². The van der Waals surface area contributed by atoms with Gasteiger partial charge in [0.15, 0.2) is 0 Å². The van der Waals surface area contributed by atoms with Gasteiger partial charge in [0.1, 0.15) is 5.75 Å². The van der Waals surface area contributed by atoms with E-state index in [2.05, 4.69) is 0 Å². The molecule has 3 rings (SSSR count). The van der Waals surface area contributed by atoms with E-state index in [9.17, 15) is 26.4 Å². The quantitative estimate of drug-likeness (QED) is 0.601. The number of rotatable bonds is 6. The Morgan fingerprint density at radius 3 is 2.10 bits per heavy atom. The number of thioether (sulfide) groups is 1. The van der Waals surface area contributed by atoms with Crippen molar-refractivity contribution < 1.29 is 31.1 Å². The Labute approximate surface area is 183 Å². The van der Waals surface area contributed by atoms with Gasteiger partial charge < -0.3 is 9.64 Å². The molecule has 0 bridgehead atoms. The zero-order chi connectivity index (χ0) is 22.6. The van der Waals surface area contributed by atoms with Crippen LogP contribution < -0.4 is 4.74 Å². The van der Waals surface area contributed by atoms with E-state index in [-0.39, 0.29) is 42.7 Å². The van der Waals surface area contributed by atoms with Gasteiger partial charge in [-0.3, -0.25) is 4.79 Å². The summed E-state index contributed by atoms with van der Waals surface area (Å²) in [6.07, 6.45) is -4.53. The van der Waals surface area contributed by atoms with E-state index in [0.29, 0.717) is 0 Å². The van der Waals surface area contributed by atoms with Crippen molar-refractivity contribution in [2.24, 2.45) is 0 Å². The van der Waals surface area contributed by atoms with Gasteiger partial charge in [0.25, 0.3) is 0 Å². The molecule has 6 nitrogen and oxygen atoms in total. The van der Waals surface area contributed by atoms with E-state index in [0.717, 1.165) is 34.9 Å². The number of alkyl halides is 3. The van der Waals surface area contributed by atoms with E-state index in [4.69, 9.17) is 4.74 Å². The highest BCUT2D eigenvalue weighted by molar-refractivity contribution is 8.00. The van der Waals surface area contributed by atoms with Gasteiger partial charge in [-0.15, -0.1) is 11.8 Å². The summed E-state index contributed by atoms with van der Waals surface area (Å²) in [4.78, 5) is 14.8. The maximum absolute atomic E-state index is 12.7. The monoisotopic (exact) mass is 474 g/mol. The highest BCUT2D eigenvalue weighted by Crippen LogP contribution is 2.30. The Morgan fingerprint density at radius 1 is 1.00 bits per heavy atom. The lowest BCUT2D eigenvalue weighted by Gasteiger charge is -2.34. The summed E-state index contributed by atoms with van der Waals surface area (Å²) in [7, 11) is -2.35. The standard InChI is InChI=1S/C20H21F3N2O4S2/c1-29-16-4-6-17(7-5-16)30-14-19(26)24-10-12-25(13-11-24)31(27,28)18-8-2-15(3-9-18)20(21,22)23/h2-9H,10-14H2,1H3. The molecule has 2 aromatic carbocycles. The maximum Gasteiger partial charge on any atom is 0.416 e. The molecule has 168 valence electrons. The van der Waals surface area contributed by atoms with Crippen LogP contribution in [0.2, 0.25) is 0 Å². The number of nitrogens with zero attached hydrogens (tertiary/aromatic N) is 2. The summed E-state index contributed by atoms with van der Waals surface area (Å²) in [6, 6.07) is 10.7. The number of hydrogen-bond donors (Lipinski definition) is 0. The molecule has 0 radical (unpaired) electrons. The van der Waals surface area contributed by atoms with Crippen LogP contribution in [0.5, 0.6) is 5.75 Å². The molecule has 0 spiro atoms. The molecule has 0 N–H and O–H groups in total. The fourth-order valence-corrected chi connectivity index (χ4v) is 5.27. The van der Waals surface area contributed by atoms with Crippen LogP contribution in [0.3, 0.4) is 0 Å². The SMILES string of the molecule is COc1ccc(SCC(=O)N2CCN(S(=O)(=O)c3ccc(C(F)(F)F)cc3)CC2)cc1.